The fourth-order valence-electron chi connectivity index (χ4n) is 2.72. The normalized spacial score (nSPS) is 17.6. The fourth-order valence-corrected chi connectivity index (χ4v) is 4.06. The standard InChI is InChI=1S/C16H16BrNOS/c17-10-11-3-1-4-12(9-11)18-16(19)14-5-2-6-15-13(14)7-8-20-15/h1,3-4,7-9,14H,2,5-6,10H2,(H,18,19). The molecule has 2 nitrogen and oxygen atoms in total. The van der Waals surface area contributed by atoms with Gasteiger partial charge in [0, 0.05) is 15.9 Å². The number of hydrogen-bond donors (Lipinski definition) is 1. The molecule has 1 aliphatic rings. The summed E-state index contributed by atoms with van der Waals surface area (Å²) in [7, 11) is 0. The second-order valence-corrected chi connectivity index (χ2v) is 6.63. The van der Waals surface area contributed by atoms with Crippen molar-refractivity contribution in [2.45, 2.75) is 30.5 Å². The molecule has 0 spiro atoms. The van der Waals surface area contributed by atoms with Crippen LogP contribution < -0.4 is 5.32 Å². The molecule has 0 saturated heterocycles. The second kappa shape index (κ2) is 6.10. The molecule has 1 aromatic heterocycles. The summed E-state index contributed by atoms with van der Waals surface area (Å²) in [6.45, 7) is 0. The Morgan fingerprint density at radius 2 is 2.30 bits per heavy atom. The van der Waals surface area contributed by atoms with Crippen LogP contribution in [0, 0.1) is 0 Å². The monoisotopic (exact) mass is 349 g/mol. The number of carbonyl (C=O) groups is 1. The van der Waals surface area contributed by atoms with Gasteiger partial charge in [0.15, 0.2) is 0 Å². The minimum Gasteiger partial charge on any atom is -0.326 e. The van der Waals surface area contributed by atoms with E-state index in [1.807, 2.05) is 24.3 Å². The molecule has 3 rings (SSSR count). The van der Waals surface area contributed by atoms with Crippen LogP contribution in [0.4, 0.5) is 5.69 Å². The van der Waals surface area contributed by atoms with Crippen LogP contribution in [0.15, 0.2) is 35.7 Å². The Hall–Kier alpha value is -1.13. The molecule has 2 aromatic rings. The lowest BCUT2D eigenvalue weighted by Crippen LogP contribution is -2.23. The zero-order valence-corrected chi connectivity index (χ0v) is 13.5. The van der Waals surface area contributed by atoms with Crippen LogP contribution in [0.1, 0.15) is 34.8 Å². The summed E-state index contributed by atoms with van der Waals surface area (Å²) in [6.07, 6.45) is 3.18. The van der Waals surface area contributed by atoms with E-state index < -0.39 is 0 Å². The Morgan fingerprint density at radius 1 is 1.40 bits per heavy atom. The van der Waals surface area contributed by atoms with Gasteiger partial charge in [-0.3, -0.25) is 4.79 Å². The van der Waals surface area contributed by atoms with Gasteiger partial charge >= 0.3 is 0 Å². The summed E-state index contributed by atoms with van der Waals surface area (Å²) in [4.78, 5) is 13.9. The SMILES string of the molecule is O=C(Nc1cccc(CBr)c1)C1CCCc2sccc21. The highest BCUT2D eigenvalue weighted by Crippen LogP contribution is 2.35. The molecule has 1 amide bonds. The lowest BCUT2D eigenvalue weighted by molar-refractivity contribution is -0.117. The molecule has 0 aliphatic heterocycles. The van der Waals surface area contributed by atoms with Gasteiger partial charge in [-0.15, -0.1) is 11.3 Å². The molecule has 0 radical (unpaired) electrons. The van der Waals surface area contributed by atoms with Crippen molar-refractivity contribution in [3.05, 3.63) is 51.7 Å². The van der Waals surface area contributed by atoms with Crippen molar-refractivity contribution in [3.8, 4) is 0 Å². The highest BCUT2D eigenvalue weighted by Gasteiger charge is 2.27. The number of amides is 1. The average Bonchev–Trinajstić information content (AvgIpc) is 2.95. The molecule has 104 valence electrons. The quantitative estimate of drug-likeness (QED) is 0.799. The van der Waals surface area contributed by atoms with E-state index in [1.54, 1.807) is 11.3 Å². The van der Waals surface area contributed by atoms with Crippen LogP contribution >= 0.6 is 27.3 Å². The predicted molar refractivity (Wildman–Crippen MR) is 87.7 cm³/mol. The number of rotatable bonds is 3. The van der Waals surface area contributed by atoms with Crippen molar-refractivity contribution in [3.63, 3.8) is 0 Å². The first kappa shape index (κ1) is 13.8. The minimum absolute atomic E-state index is 0.0117. The number of hydrogen-bond acceptors (Lipinski definition) is 2. The van der Waals surface area contributed by atoms with E-state index in [1.165, 1.54) is 16.0 Å². The molecule has 20 heavy (non-hydrogen) atoms. The molecule has 1 heterocycles. The first-order valence-electron chi connectivity index (χ1n) is 6.80. The minimum atomic E-state index is 0.0117. The van der Waals surface area contributed by atoms with Gasteiger partial charge in [-0.1, -0.05) is 28.1 Å². The van der Waals surface area contributed by atoms with E-state index in [0.29, 0.717) is 0 Å². The first-order valence-corrected chi connectivity index (χ1v) is 8.80. The maximum Gasteiger partial charge on any atom is 0.231 e. The zero-order chi connectivity index (χ0) is 13.9. The summed E-state index contributed by atoms with van der Waals surface area (Å²) in [5.74, 6) is 0.133. The number of alkyl halides is 1. The molecular formula is C16H16BrNOS. The van der Waals surface area contributed by atoms with E-state index in [2.05, 4.69) is 32.7 Å². The van der Waals surface area contributed by atoms with E-state index in [-0.39, 0.29) is 11.8 Å². The van der Waals surface area contributed by atoms with Crippen LogP contribution in [-0.2, 0) is 16.5 Å². The highest BCUT2D eigenvalue weighted by molar-refractivity contribution is 9.08. The lowest BCUT2D eigenvalue weighted by Gasteiger charge is -2.22. The third-order valence-electron chi connectivity index (χ3n) is 3.72. The van der Waals surface area contributed by atoms with Crippen molar-refractivity contribution >= 4 is 38.9 Å². The average molecular weight is 350 g/mol. The van der Waals surface area contributed by atoms with Gasteiger partial charge in [-0.05, 0) is 54.0 Å². The van der Waals surface area contributed by atoms with Gasteiger partial charge in [0.1, 0.15) is 0 Å². The van der Waals surface area contributed by atoms with E-state index >= 15 is 0 Å². The van der Waals surface area contributed by atoms with E-state index in [0.717, 1.165) is 30.3 Å². The topological polar surface area (TPSA) is 29.1 Å². The fraction of sp³-hybridized carbons (Fsp3) is 0.312. The van der Waals surface area contributed by atoms with Crippen molar-refractivity contribution in [2.24, 2.45) is 0 Å². The van der Waals surface area contributed by atoms with Crippen LogP contribution in [0.25, 0.3) is 0 Å². The number of nitrogens with one attached hydrogen (secondary N) is 1. The summed E-state index contributed by atoms with van der Waals surface area (Å²) in [6, 6.07) is 10.1. The molecule has 1 unspecified atom stereocenters. The van der Waals surface area contributed by atoms with Crippen LogP contribution in [0.5, 0.6) is 0 Å². The summed E-state index contributed by atoms with van der Waals surface area (Å²) >= 11 is 5.21. The van der Waals surface area contributed by atoms with Crippen molar-refractivity contribution in [2.75, 3.05) is 5.32 Å². The molecule has 0 saturated carbocycles. The molecule has 1 aromatic carbocycles. The molecule has 4 heteroatoms. The second-order valence-electron chi connectivity index (χ2n) is 5.07. The van der Waals surface area contributed by atoms with Gasteiger partial charge in [-0.25, -0.2) is 0 Å². The smallest absolute Gasteiger partial charge is 0.231 e. The van der Waals surface area contributed by atoms with Gasteiger partial charge in [0.05, 0.1) is 5.92 Å². The summed E-state index contributed by atoms with van der Waals surface area (Å²) < 4.78 is 0. The number of anilines is 1. The van der Waals surface area contributed by atoms with Crippen molar-refractivity contribution < 1.29 is 4.79 Å². The number of benzene rings is 1. The maximum atomic E-state index is 12.5. The van der Waals surface area contributed by atoms with Crippen LogP contribution in [-0.4, -0.2) is 5.91 Å². The number of carbonyl (C=O) groups excluding carboxylic acids is 1. The van der Waals surface area contributed by atoms with E-state index in [9.17, 15) is 4.79 Å². The molecule has 1 aliphatic carbocycles. The van der Waals surface area contributed by atoms with Crippen LogP contribution in [0.2, 0.25) is 0 Å². The number of thiophene rings is 1. The molecule has 0 bridgehead atoms. The Kier molecular flexibility index (Phi) is 4.22. The van der Waals surface area contributed by atoms with Gasteiger partial charge in [0.2, 0.25) is 5.91 Å². The zero-order valence-electron chi connectivity index (χ0n) is 11.1. The van der Waals surface area contributed by atoms with Crippen molar-refractivity contribution in [1.29, 1.82) is 0 Å². The lowest BCUT2D eigenvalue weighted by atomic mass is 9.87. The number of aryl methyl sites for hydroxylation is 1. The summed E-state index contributed by atoms with van der Waals surface area (Å²) in [5.41, 5.74) is 3.28. The summed E-state index contributed by atoms with van der Waals surface area (Å²) in [5, 5.41) is 5.96. The van der Waals surface area contributed by atoms with Gasteiger partial charge in [-0.2, -0.15) is 0 Å². The number of halogens is 1. The Bertz CT molecular complexity index is 622. The highest BCUT2D eigenvalue weighted by atomic mass is 79.9. The van der Waals surface area contributed by atoms with Crippen LogP contribution in [0.3, 0.4) is 0 Å². The van der Waals surface area contributed by atoms with Crippen molar-refractivity contribution in [1.82, 2.24) is 0 Å². The molecule has 1 atom stereocenters. The molecule has 0 fully saturated rings. The Balaban J connectivity index is 1.77. The first-order chi connectivity index (χ1) is 9.78. The third kappa shape index (κ3) is 2.81. The third-order valence-corrected chi connectivity index (χ3v) is 5.36. The maximum absolute atomic E-state index is 12.5. The molecular weight excluding hydrogens is 334 g/mol. The van der Waals surface area contributed by atoms with Gasteiger partial charge < -0.3 is 5.32 Å². The van der Waals surface area contributed by atoms with Gasteiger partial charge in [0.25, 0.3) is 0 Å². The number of fused-ring (bicyclic) bond motifs is 1. The predicted octanol–water partition coefficient (Wildman–Crippen LogP) is 4.70. The molecule has 1 N–H and O–H groups in total. The van der Waals surface area contributed by atoms with E-state index in [4.69, 9.17) is 0 Å². The Labute approximate surface area is 131 Å². The Morgan fingerprint density at radius 3 is 3.15 bits per heavy atom. The largest absolute Gasteiger partial charge is 0.326 e.